The zero-order valence-corrected chi connectivity index (χ0v) is 17.5. The number of hydrazone groups is 1. The Morgan fingerprint density at radius 2 is 1.94 bits per heavy atom. The Kier molecular flexibility index (Phi) is 5.77. The third kappa shape index (κ3) is 4.46. The van der Waals surface area contributed by atoms with Gasteiger partial charge >= 0.3 is 0 Å². The van der Waals surface area contributed by atoms with E-state index in [0.29, 0.717) is 24.1 Å². The number of methoxy groups -OCH3 is 1. The fourth-order valence-corrected chi connectivity index (χ4v) is 4.36. The number of hydrogen-bond acceptors (Lipinski definition) is 6. The number of halogens is 1. The number of hydrogen-bond donors (Lipinski definition) is 0. The Morgan fingerprint density at radius 1 is 1.13 bits per heavy atom. The molecule has 0 amide bonds. The first-order valence-corrected chi connectivity index (χ1v) is 10.9. The van der Waals surface area contributed by atoms with Gasteiger partial charge < -0.3 is 4.74 Å². The van der Waals surface area contributed by atoms with Gasteiger partial charge in [-0.15, -0.1) is 4.40 Å². The van der Waals surface area contributed by atoms with Crippen LogP contribution in [0.3, 0.4) is 0 Å². The van der Waals surface area contributed by atoms with Gasteiger partial charge in [0.2, 0.25) is 0 Å². The molecule has 158 valence electrons. The first kappa shape index (κ1) is 20.7. The van der Waals surface area contributed by atoms with Gasteiger partial charge in [0.1, 0.15) is 4.90 Å². The largest absolute Gasteiger partial charge is 0.494 e. The van der Waals surface area contributed by atoms with Gasteiger partial charge in [0, 0.05) is 30.4 Å². The Hall–Kier alpha value is -3.59. The van der Waals surface area contributed by atoms with E-state index in [-0.39, 0.29) is 16.5 Å². The van der Waals surface area contributed by atoms with Crippen molar-refractivity contribution in [1.82, 2.24) is 9.99 Å². The number of sulfonamides is 1. The number of nitrogens with zero attached hydrogens (tertiary/aromatic N) is 4. The molecule has 9 heteroatoms. The minimum atomic E-state index is -3.79. The number of aromatic nitrogens is 1. The highest BCUT2D eigenvalue weighted by atomic mass is 32.2. The summed E-state index contributed by atoms with van der Waals surface area (Å²) in [5.41, 5.74) is 1.91. The second-order valence-electron chi connectivity index (χ2n) is 6.72. The highest BCUT2D eigenvalue weighted by molar-refractivity contribution is 7.90. The van der Waals surface area contributed by atoms with Crippen LogP contribution in [0.1, 0.15) is 16.8 Å². The summed E-state index contributed by atoms with van der Waals surface area (Å²) in [6.07, 6.45) is 3.73. The maximum Gasteiger partial charge on any atom is 0.285 e. The van der Waals surface area contributed by atoms with E-state index in [2.05, 4.69) is 14.5 Å². The number of ether oxygens (including phenoxy) is 1. The maximum atomic E-state index is 13.7. The summed E-state index contributed by atoms with van der Waals surface area (Å²) >= 11 is 0. The fraction of sp³-hybridized carbons (Fsp3) is 0.136. The van der Waals surface area contributed by atoms with E-state index in [4.69, 9.17) is 4.74 Å². The molecule has 1 aromatic heterocycles. The molecule has 0 saturated carbocycles. The van der Waals surface area contributed by atoms with Crippen LogP contribution in [-0.4, -0.2) is 44.1 Å². The monoisotopic (exact) mass is 438 g/mol. The van der Waals surface area contributed by atoms with Crippen molar-refractivity contribution in [1.29, 1.82) is 0 Å². The molecule has 1 aliphatic rings. The summed E-state index contributed by atoms with van der Waals surface area (Å²) < 4.78 is 47.7. The van der Waals surface area contributed by atoms with Crippen molar-refractivity contribution in [2.24, 2.45) is 9.50 Å². The number of benzene rings is 2. The Morgan fingerprint density at radius 3 is 2.71 bits per heavy atom. The van der Waals surface area contributed by atoms with Crippen molar-refractivity contribution >= 4 is 22.1 Å². The van der Waals surface area contributed by atoms with Gasteiger partial charge in [-0.2, -0.15) is 13.5 Å². The molecule has 0 radical (unpaired) electrons. The maximum absolute atomic E-state index is 13.7. The quantitative estimate of drug-likeness (QED) is 0.436. The summed E-state index contributed by atoms with van der Waals surface area (Å²) in [6.45, 7) is 0.342. The number of amidine groups is 1. The topological polar surface area (TPSA) is 84.2 Å². The van der Waals surface area contributed by atoms with Crippen molar-refractivity contribution in [3.63, 3.8) is 0 Å². The molecule has 0 spiro atoms. The molecule has 0 bridgehead atoms. The zero-order valence-electron chi connectivity index (χ0n) is 16.6. The van der Waals surface area contributed by atoms with Crippen LogP contribution >= 0.6 is 0 Å². The van der Waals surface area contributed by atoms with E-state index in [1.165, 1.54) is 36.5 Å². The number of rotatable bonds is 6. The SMILES string of the molecule is COc1cc(/C=N/N(CCc2ccccn2)C2=NS(=O)(=O)c3ccccc32)ccc1F. The smallest absolute Gasteiger partial charge is 0.285 e. The fourth-order valence-electron chi connectivity index (χ4n) is 3.15. The Balaban J connectivity index is 1.68. The first-order valence-electron chi connectivity index (χ1n) is 9.47. The van der Waals surface area contributed by atoms with E-state index < -0.39 is 15.8 Å². The molecule has 4 rings (SSSR count). The highest BCUT2D eigenvalue weighted by Crippen LogP contribution is 2.27. The third-order valence-corrected chi connectivity index (χ3v) is 6.01. The summed E-state index contributed by atoms with van der Waals surface area (Å²) in [5.74, 6) is -0.154. The average molecular weight is 438 g/mol. The molecule has 0 N–H and O–H groups in total. The molecule has 3 aromatic rings. The van der Waals surface area contributed by atoms with E-state index in [1.54, 1.807) is 30.5 Å². The van der Waals surface area contributed by atoms with Crippen molar-refractivity contribution in [2.75, 3.05) is 13.7 Å². The van der Waals surface area contributed by atoms with Crippen LogP contribution in [-0.2, 0) is 16.4 Å². The molecule has 31 heavy (non-hydrogen) atoms. The van der Waals surface area contributed by atoms with E-state index in [1.807, 2.05) is 18.2 Å². The van der Waals surface area contributed by atoms with Gasteiger partial charge in [0.05, 0.1) is 13.3 Å². The molecule has 1 aliphatic heterocycles. The molecule has 0 saturated heterocycles. The van der Waals surface area contributed by atoms with Gasteiger partial charge in [0.25, 0.3) is 10.0 Å². The zero-order chi connectivity index (χ0) is 21.8. The van der Waals surface area contributed by atoms with Crippen LogP contribution in [0.15, 0.2) is 81.3 Å². The normalized spacial score (nSPS) is 14.3. The first-order chi connectivity index (χ1) is 15.0. The summed E-state index contributed by atoms with van der Waals surface area (Å²) in [4.78, 5) is 4.45. The lowest BCUT2D eigenvalue weighted by Gasteiger charge is -2.18. The van der Waals surface area contributed by atoms with Crippen molar-refractivity contribution in [3.8, 4) is 5.75 Å². The van der Waals surface area contributed by atoms with Crippen LogP contribution in [0.5, 0.6) is 5.75 Å². The molecular formula is C22H19FN4O3S. The van der Waals surface area contributed by atoms with Crippen molar-refractivity contribution < 1.29 is 17.5 Å². The van der Waals surface area contributed by atoms with Crippen molar-refractivity contribution in [2.45, 2.75) is 11.3 Å². The molecular weight excluding hydrogens is 419 g/mol. The summed E-state index contributed by atoms with van der Waals surface area (Å²) in [5, 5.41) is 5.99. The van der Waals surface area contributed by atoms with Crippen LogP contribution in [0, 0.1) is 5.82 Å². The molecule has 0 atom stereocenters. The second-order valence-corrected chi connectivity index (χ2v) is 8.29. The van der Waals surface area contributed by atoms with Crippen LogP contribution in [0.4, 0.5) is 4.39 Å². The molecule has 2 heterocycles. The van der Waals surface area contributed by atoms with Crippen molar-refractivity contribution in [3.05, 3.63) is 89.5 Å². The van der Waals surface area contributed by atoms with Crippen LogP contribution in [0.25, 0.3) is 0 Å². The summed E-state index contributed by atoms with van der Waals surface area (Å²) in [6, 6.07) is 16.6. The van der Waals surface area contributed by atoms with E-state index >= 15 is 0 Å². The Labute approximate surface area is 179 Å². The lowest BCUT2D eigenvalue weighted by atomic mass is 10.2. The predicted octanol–water partition coefficient (Wildman–Crippen LogP) is 3.26. The second kappa shape index (κ2) is 8.65. The van der Waals surface area contributed by atoms with Gasteiger partial charge in [-0.05, 0) is 42.0 Å². The van der Waals surface area contributed by atoms with Gasteiger partial charge in [-0.25, -0.2) is 9.40 Å². The lowest BCUT2D eigenvalue weighted by Crippen LogP contribution is -2.28. The molecule has 2 aromatic carbocycles. The molecule has 0 unspecified atom stereocenters. The Bertz CT molecular complexity index is 1260. The minimum absolute atomic E-state index is 0.0927. The molecule has 0 aliphatic carbocycles. The molecule has 0 fully saturated rings. The van der Waals surface area contributed by atoms with E-state index in [0.717, 1.165) is 5.69 Å². The average Bonchev–Trinajstić information content (AvgIpc) is 3.06. The van der Waals surface area contributed by atoms with Crippen LogP contribution < -0.4 is 4.74 Å². The van der Waals surface area contributed by atoms with Gasteiger partial charge in [-0.3, -0.25) is 4.98 Å². The van der Waals surface area contributed by atoms with Crippen LogP contribution in [0.2, 0.25) is 0 Å². The molecule has 7 nitrogen and oxygen atoms in total. The standard InChI is InChI=1S/C22H19FN4O3S/c1-30-20-14-16(9-10-19(20)23)15-25-27(13-11-17-6-4-5-12-24-17)22-18-7-2-3-8-21(18)31(28,29)26-22/h2-10,12,14-15H,11,13H2,1H3/b25-15+. The lowest BCUT2D eigenvalue weighted by molar-refractivity contribution is 0.386. The van der Waals surface area contributed by atoms with E-state index in [9.17, 15) is 12.8 Å². The summed E-state index contributed by atoms with van der Waals surface area (Å²) in [7, 11) is -2.41. The van der Waals surface area contributed by atoms with Gasteiger partial charge in [0.15, 0.2) is 17.4 Å². The van der Waals surface area contributed by atoms with Gasteiger partial charge in [-0.1, -0.05) is 24.3 Å². The minimum Gasteiger partial charge on any atom is -0.494 e. The number of pyridine rings is 1. The predicted molar refractivity (Wildman–Crippen MR) is 115 cm³/mol. The third-order valence-electron chi connectivity index (χ3n) is 4.68. The highest BCUT2D eigenvalue weighted by Gasteiger charge is 2.31. The number of fused-ring (bicyclic) bond motifs is 1.